The van der Waals surface area contributed by atoms with Gasteiger partial charge in [0, 0.05) is 6.42 Å². The first-order valence-corrected chi connectivity index (χ1v) is 14.3. The molecular formula is C33H48N2O6. The van der Waals surface area contributed by atoms with Crippen LogP contribution in [-0.4, -0.2) is 41.8 Å². The fraction of sp³-hybridized carbons (Fsp3) is 0.545. The first-order valence-electron chi connectivity index (χ1n) is 14.3. The summed E-state index contributed by atoms with van der Waals surface area (Å²) in [5.74, 6) is -0.699. The second kappa shape index (κ2) is 14.4. The summed E-state index contributed by atoms with van der Waals surface area (Å²) in [6, 6.07) is 11.1. The van der Waals surface area contributed by atoms with Gasteiger partial charge in [0.05, 0.1) is 6.61 Å². The first kappa shape index (κ1) is 33.7. The molecule has 2 amide bonds. The van der Waals surface area contributed by atoms with Crippen molar-refractivity contribution in [2.24, 2.45) is 5.92 Å². The highest BCUT2D eigenvalue weighted by atomic mass is 16.5. The fourth-order valence-corrected chi connectivity index (χ4v) is 4.51. The molecule has 0 heterocycles. The molecule has 0 fully saturated rings. The minimum atomic E-state index is -1.05. The van der Waals surface area contributed by atoms with E-state index in [-0.39, 0.29) is 42.1 Å². The molecule has 226 valence electrons. The summed E-state index contributed by atoms with van der Waals surface area (Å²) in [7, 11) is 0. The maximum Gasteiger partial charge on any atom is 0.408 e. The van der Waals surface area contributed by atoms with Gasteiger partial charge in [0.1, 0.15) is 24.4 Å². The minimum Gasteiger partial charge on any atom is -0.507 e. The van der Waals surface area contributed by atoms with Crippen LogP contribution in [-0.2, 0) is 42.9 Å². The van der Waals surface area contributed by atoms with Gasteiger partial charge >= 0.3 is 12.1 Å². The van der Waals surface area contributed by atoms with E-state index >= 15 is 0 Å². The number of rotatable bonds is 11. The maximum absolute atomic E-state index is 13.6. The zero-order valence-corrected chi connectivity index (χ0v) is 26.1. The number of phenolic OH excluding ortho intramolecular Hbond substituents is 1. The van der Waals surface area contributed by atoms with Gasteiger partial charge in [0.25, 0.3) is 0 Å². The van der Waals surface area contributed by atoms with Crippen LogP contribution in [0.15, 0.2) is 42.5 Å². The molecule has 0 aliphatic heterocycles. The zero-order valence-electron chi connectivity index (χ0n) is 26.1. The number of carbonyl (C=O) groups is 3. The monoisotopic (exact) mass is 568 g/mol. The molecule has 0 spiro atoms. The van der Waals surface area contributed by atoms with E-state index in [1.54, 1.807) is 6.92 Å². The standard InChI is InChI=1S/C33H48N2O6/c1-10-40-30(38)27(16-21(2)3)34-29(37)26(35-31(39)41-20-22-14-12-11-13-15-22)19-23-17-24(32(4,5)6)28(36)25(18-23)33(7,8)9/h11-15,17-18,21,26-27,36H,10,16,19-20H2,1-9H3,(H,34,37)(H,35,39)/t26?,27-/m0/s1. The highest BCUT2D eigenvalue weighted by Crippen LogP contribution is 2.40. The summed E-state index contributed by atoms with van der Waals surface area (Å²) in [4.78, 5) is 39.2. The lowest BCUT2D eigenvalue weighted by atomic mass is 9.78. The van der Waals surface area contributed by atoms with Gasteiger partial charge in [-0.15, -0.1) is 0 Å². The van der Waals surface area contributed by atoms with Gasteiger partial charge in [-0.05, 0) is 52.3 Å². The first-order chi connectivity index (χ1) is 19.0. The molecule has 8 heteroatoms. The summed E-state index contributed by atoms with van der Waals surface area (Å²) in [5.41, 5.74) is 2.33. The molecule has 0 aliphatic carbocycles. The number of aromatic hydroxyl groups is 1. The number of ether oxygens (including phenoxy) is 2. The average molecular weight is 569 g/mol. The maximum atomic E-state index is 13.6. The van der Waals surface area contributed by atoms with Crippen LogP contribution in [0.25, 0.3) is 0 Å². The van der Waals surface area contributed by atoms with Crippen LogP contribution >= 0.6 is 0 Å². The summed E-state index contributed by atoms with van der Waals surface area (Å²) >= 11 is 0. The molecular weight excluding hydrogens is 520 g/mol. The lowest BCUT2D eigenvalue weighted by Crippen LogP contribution is -2.53. The van der Waals surface area contributed by atoms with Crippen molar-refractivity contribution < 1.29 is 29.0 Å². The Bertz CT molecular complexity index is 1140. The van der Waals surface area contributed by atoms with Gasteiger partial charge in [-0.3, -0.25) is 4.79 Å². The smallest absolute Gasteiger partial charge is 0.408 e. The molecule has 0 saturated heterocycles. The van der Waals surface area contributed by atoms with Crippen molar-refractivity contribution in [1.82, 2.24) is 10.6 Å². The number of hydrogen-bond donors (Lipinski definition) is 3. The average Bonchev–Trinajstić information content (AvgIpc) is 2.86. The molecule has 8 nitrogen and oxygen atoms in total. The Hall–Kier alpha value is -3.55. The van der Waals surface area contributed by atoms with E-state index in [4.69, 9.17) is 9.47 Å². The Kier molecular flexibility index (Phi) is 11.8. The molecule has 0 radical (unpaired) electrons. The number of carbonyl (C=O) groups excluding carboxylic acids is 3. The van der Waals surface area contributed by atoms with E-state index in [1.807, 2.05) is 97.9 Å². The van der Waals surface area contributed by atoms with Crippen LogP contribution in [0.4, 0.5) is 4.79 Å². The van der Waals surface area contributed by atoms with E-state index in [0.29, 0.717) is 6.42 Å². The lowest BCUT2D eigenvalue weighted by molar-refractivity contribution is -0.148. The van der Waals surface area contributed by atoms with Crippen LogP contribution in [0.5, 0.6) is 5.75 Å². The molecule has 0 bridgehead atoms. The number of nitrogens with one attached hydrogen (secondary N) is 2. The third-order valence-electron chi connectivity index (χ3n) is 6.64. The van der Waals surface area contributed by atoms with Crippen molar-refractivity contribution in [1.29, 1.82) is 0 Å². The summed E-state index contributed by atoms with van der Waals surface area (Å²) < 4.78 is 10.6. The normalized spacial score (nSPS) is 13.3. The Morgan fingerprint density at radius 1 is 0.829 bits per heavy atom. The van der Waals surface area contributed by atoms with Crippen LogP contribution in [0, 0.1) is 5.92 Å². The number of alkyl carbamates (subject to hydrolysis) is 1. The Labute approximate surface area is 245 Å². The van der Waals surface area contributed by atoms with E-state index in [1.165, 1.54) is 0 Å². The summed E-state index contributed by atoms with van der Waals surface area (Å²) in [6.45, 7) is 17.9. The predicted octanol–water partition coefficient (Wildman–Crippen LogP) is 5.92. The molecule has 2 atom stereocenters. The van der Waals surface area contributed by atoms with Gasteiger partial charge in [0.2, 0.25) is 5.91 Å². The number of phenols is 1. The van der Waals surface area contributed by atoms with E-state index in [0.717, 1.165) is 22.3 Å². The molecule has 0 aliphatic rings. The highest BCUT2D eigenvalue weighted by molar-refractivity contribution is 5.90. The SMILES string of the molecule is CCOC(=O)[C@H](CC(C)C)NC(=O)C(Cc1cc(C(C)(C)C)c(O)c(C(C)(C)C)c1)NC(=O)OCc1ccccc1. The van der Waals surface area contributed by atoms with E-state index < -0.39 is 30.1 Å². The van der Waals surface area contributed by atoms with Gasteiger partial charge < -0.3 is 25.2 Å². The van der Waals surface area contributed by atoms with Gasteiger partial charge in [-0.25, -0.2) is 9.59 Å². The minimum absolute atomic E-state index is 0.0430. The molecule has 2 aromatic carbocycles. The number of amides is 2. The van der Waals surface area contributed by atoms with E-state index in [9.17, 15) is 19.5 Å². The van der Waals surface area contributed by atoms with Crippen molar-refractivity contribution in [3.05, 3.63) is 64.7 Å². The van der Waals surface area contributed by atoms with Crippen molar-refractivity contribution in [2.45, 2.75) is 105 Å². The van der Waals surface area contributed by atoms with Gasteiger partial charge in [0.15, 0.2) is 0 Å². The van der Waals surface area contributed by atoms with Gasteiger partial charge in [-0.2, -0.15) is 0 Å². The fourth-order valence-electron chi connectivity index (χ4n) is 4.51. The molecule has 0 aromatic heterocycles. The van der Waals surface area contributed by atoms with Crippen LogP contribution in [0.3, 0.4) is 0 Å². The third kappa shape index (κ3) is 10.4. The second-order valence-corrected chi connectivity index (χ2v) is 12.9. The largest absolute Gasteiger partial charge is 0.507 e. The summed E-state index contributed by atoms with van der Waals surface area (Å²) in [5, 5.41) is 16.7. The van der Waals surface area contributed by atoms with Crippen LogP contribution in [0.1, 0.15) is 91.0 Å². The highest BCUT2D eigenvalue weighted by Gasteiger charge is 2.31. The van der Waals surface area contributed by atoms with Crippen molar-refractivity contribution in [3.63, 3.8) is 0 Å². The molecule has 2 rings (SSSR count). The van der Waals surface area contributed by atoms with Crippen molar-refractivity contribution in [2.75, 3.05) is 6.61 Å². The Morgan fingerprint density at radius 3 is 1.88 bits per heavy atom. The Balaban J connectivity index is 2.43. The molecule has 3 N–H and O–H groups in total. The number of benzene rings is 2. The quantitative estimate of drug-likeness (QED) is 0.290. The number of hydrogen-bond acceptors (Lipinski definition) is 6. The second-order valence-electron chi connectivity index (χ2n) is 12.9. The van der Waals surface area contributed by atoms with Gasteiger partial charge in [-0.1, -0.05) is 97.9 Å². The third-order valence-corrected chi connectivity index (χ3v) is 6.64. The van der Waals surface area contributed by atoms with Crippen molar-refractivity contribution >= 4 is 18.0 Å². The van der Waals surface area contributed by atoms with Crippen molar-refractivity contribution in [3.8, 4) is 5.75 Å². The zero-order chi connectivity index (χ0) is 31.0. The molecule has 2 aromatic rings. The predicted molar refractivity (Wildman–Crippen MR) is 161 cm³/mol. The van der Waals surface area contributed by atoms with E-state index in [2.05, 4.69) is 10.6 Å². The number of esters is 1. The molecule has 0 saturated carbocycles. The lowest BCUT2D eigenvalue weighted by Gasteiger charge is -2.29. The van der Waals surface area contributed by atoms with Crippen LogP contribution < -0.4 is 10.6 Å². The molecule has 41 heavy (non-hydrogen) atoms. The van der Waals surface area contributed by atoms with Crippen LogP contribution in [0.2, 0.25) is 0 Å². The summed E-state index contributed by atoms with van der Waals surface area (Å²) in [6.07, 6.45) is -0.246. The Morgan fingerprint density at radius 2 is 1.39 bits per heavy atom. The molecule has 1 unspecified atom stereocenters. The topological polar surface area (TPSA) is 114 Å².